The Hall–Kier alpha value is -2.70. The van der Waals surface area contributed by atoms with Crippen molar-refractivity contribution in [3.63, 3.8) is 0 Å². The second-order valence-electron chi connectivity index (χ2n) is 7.40. The summed E-state index contributed by atoms with van der Waals surface area (Å²) in [5.41, 5.74) is 0.916. The number of nitrogens with zero attached hydrogens (tertiary/aromatic N) is 3. The van der Waals surface area contributed by atoms with Gasteiger partial charge in [0, 0.05) is 49.6 Å². The lowest BCUT2D eigenvalue weighted by molar-refractivity contribution is -0.0412. The molecule has 12 heteroatoms. The fraction of sp³-hybridized carbons (Fsp3) is 0.300. The molecule has 0 aliphatic carbocycles. The van der Waals surface area contributed by atoms with Gasteiger partial charge in [0.15, 0.2) is 10.1 Å². The summed E-state index contributed by atoms with van der Waals surface area (Å²) in [5, 5.41) is 2.19. The average Bonchev–Trinajstić information content (AvgIpc) is 3.14. The number of piperidine rings is 1. The number of hydrogen-bond acceptors (Lipinski definition) is 5. The Morgan fingerprint density at radius 2 is 1.81 bits per heavy atom. The van der Waals surface area contributed by atoms with Gasteiger partial charge in [0.1, 0.15) is 5.65 Å². The lowest BCUT2D eigenvalue weighted by atomic mass is 10.1. The first-order chi connectivity index (χ1) is 15.1. The van der Waals surface area contributed by atoms with Crippen LogP contribution in [0.1, 0.15) is 23.2 Å². The van der Waals surface area contributed by atoms with Gasteiger partial charge in [0.25, 0.3) is 21.9 Å². The first-order valence-corrected chi connectivity index (χ1v) is 12.7. The molecule has 0 bridgehead atoms. The van der Waals surface area contributed by atoms with E-state index in [1.54, 1.807) is 24.3 Å². The Morgan fingerprint density at radius 3 is 2.44 bits per heavy atom. The average molecular weight is 483 g/mol. The number of amides is 1. The molecule has 3 heterocycles. The van der Waals surface area contributed by atoms with Crippen LogP contribution in [-0.2, 0) is 20.8 Å². The molecule has 1 aromatic carbocycles. The van der Waals surface area contributed by atoms with Crippen LogP contribution in [0.15, 0.2) is 58.7 Å². The van der Waals surface area contributed by atoms with E-state index in [1.165, 1.54) is 29.0 Å². The lowest BCUT2D eigenvalue weighted by Gasteiger charge is -2.30. The summed E-state index contributed by atoms with van der Waals surface area (Å²) < 4.78 is 68.0. The lowest BCUT2D eigenvalue weighted by Crippen LogP contribution is -2.43. The van der Waals surface area contributed by atoms with Crippen molar-refractivity contribution in [1.82, 2.24) is 13.7 Å². The van der Waals surface area contributed by atoms with E-state index in [-0.39, 0.29) is 34.4 Å². The number of carbonyl (C=O) groups is 1. The van der Waals surface area contributed by atoms with E-state index in [4.69, 9.17) is 0 Å². The Balaban J connectivity index is 1.72. The van der Waals surface area contributed by atoms with Crippen molar-refractivity contribution in [3.05, 3.63) is 54.2 Å². The molecular weight excluding hydrogens is 462 g/mol. The van der Waals surface area contributed by atoms with Gasteiger partial charge in [0.05, 0.1) is 10.8 Å². The zero-order chi connectivity index (χ0) is 23.1. The Kier molecular flexibility index (Phi) is 5.86. The normalized spacial score (nSPS) is 17.8. The van der Waals surface area contributed by atoms with Crippen LogP contribution in [0, 0.1) is 0 Å². The van der Waals surface area contributed by atoms with Crippen molar-refractivity contribution in [2.24, 2.45) is 0 Å². The molecule has 1 N–H and O–H groups in total. The van der Waals surface area contributed by atoms with Gasteiger partial charge in [-0.1, -0.05) is 18.2 Å². The van der Waals surface area contributed by atoms with E-state index < -0.39 is 45.5 Å². The van der Waals surface area contributed by atoms with Gasteiger partial charge in [-0.15, -0.1) is 0 Å². The molecule has 0 spiro atoms. The van der Waals surface area contributed by atoms with E-state index in [9.17, 15) is 26.2 Å². The van der Waals surface area contributed by atoms with Crippen LogP contribution in [-0.4, -0.2) is 57.5 Å². The van der Waals surface area contributed by atoms with Crippen LogP contribution in [0.5, 0.6) is 0 Å². The molecule has 1 atom stereocenters. The van der Waals surface area contributed by atoms with Crippen LogP contribution in [0.4, 0.5) is 14.5 Å². The van der Waals surface area contributed by atoms with E-state index in [1.807, 2.05) is 6.07 Å². The molecule has 0 saturated carbocycles. The number of alkyl halides is 2. The molecule has 32 heavy (non-hydrogen) atoms. The van der Waals surface area contributed by atoms with Crippen LogP contribution < -0.4 is 5.32 Å². The number of anilines is 1. The minimum absolute atomic E-state index is 0.108. The molecule has 1 amide bonds. The van der Waals surface area contributed by atoms with E-state index in [2.05, 4.69) is 10.3 Å². The third kappa shape index (κ3) is 4.30. The molecule has 0 radical (unpaired) electrons. The molecule has 1 aliphatic rings. The van der Waals surface area contributed by atoms with Crippen molar-refractivity contribution >= 4 is 38.1 Å². The predicted molar refractivity (Wildman–Crippen MR) is 115 cm³/mol. The molecule has 1 fully saturated rings. The number of para-hydroxylation sites is 1. The Bertz CT molecular complexity index is 1300. The summed E-state index contributed by atoms with van der Waals surface area (Å²) in [4.78, 5) is 16.8. The van der Waals surface area contributed by atoms with E-state index in [0.29, 0.717) is 5.69 Å². The maximum absolute atomic E-state index is 13.5. The molecule has 8 nitrogen and oxygen atoms in total. The summed E-state index contributed by atoms with van der Waals surface area (Å²) >= 11 is 0. The summed E-state index contributed by atoms with van der Waals surface area (Å²) in [5.74, 6) is -3.34. The highest BCUT2D eigenvalue weighted by atomic mass is 32.2. The smallest absolute Gasteiger partial charge is 0.261 e. The number of fused-ring (bicyclic) bond motifs is 1. The highest BCUT2D eigenvalue weighted by Crippen LogP contribution is 2.32. The third-order valence-electron chi connectivity index (χ3n) is 5.16. The second kappa shape index (κ2) is 8.34. The SMILES string of the molecule is CS(=O)c1nc2cc(C(=O)Nc3ccccc3)ccn2c1S(=O)(=O)N1CCC(F)(F)CC1. The third-order valence-corrected chi connectivity index (χ3v) is 8.04. The van der Waals surface area contributed by atoms with Crippen LogP contribution >= 0.6 is 0 Å². The highest BCUT2D eigenvalue weighted by molar-refractivity contribution is 7.90. The van der Waals surface area contributed by atoms with Crippen LogP contribution in [0.25, 0.3) is 5.65 Å². The largest absolute Gasteiger partial charge is 0.322 e. The van der Waals surface area contributed by atoms with Gasteiger partial charge in [-0.05, 0) is 24.3 Å². The molecule has 170 valence electrons. The molecule has 4 rings (SSSR count). The number of imidazole rings is 1. The van der Waals surface area contributed by atoms with Crippen LogP contribution in [0.3, 0.4) is 0 Å². The first kappa shape index (κ1) is 22.5. The van der Waals surface area contributed by atoms with Gasteiger partial charge in [-0.25, -0.2) is 22.2 Å². The maximum atomic E-state index is 13.5. The molecule has 2 aromatic heterocycles. The summed E-state index contributed by atoms with van der Waals surface area (Å²) in [6.07, 6.45) is 1.47. The van der Waals surface area contributed by atoms with Gasteiger partial charge in [0.2, 0.25) is 0 Å². The minimum atomic E-state index is -4.25. The molecule has 3 aromatic rings. The summed E-state index contributed by atoms with van der Waals surface area (Å²) in [6.45, 7) is -0.703. The summed E-state index contributed by atoms with van der Waals surface area (Å²) in [7, 11) is -6.02. The highest BCUT2D eigenvalue weighted by Gasteiger charge is 2.41. The molecule has 1 unspecified atom stereocenters. The number of nitrogens with one attached hydrogen (secondary N) is 1. The van der Waals surface area contributed by atoms with Gasteiger partial charge in [-0.3, -0.25) is 13.4 Å². The minimum Gasteiger partial charge on any atom is -0.322 e. The van der Waals surface area contributed by atoms with Gasteiger partial charge >= 0.3 is 0 Å². The fourth-order valence-corrected chi connectivity index (χ4v) is 6.28. The van der Waals surface area contributed by atoms with Crippen molar-refractivity contribution < 1.29 is 26.2 Å². The number of hydrogen-bond donors (Lipinski definition) is 1. The Morgan fingerprint density at radius 1 is 1.16 bits per heavy atom. The van der Waals surface area contributed by atoms with Crippen molar-refractivity contribution in [1.29, 1.82) is 0 Å². The number of aromatic nitrogens is 2. The van der Waals surface area contributed by atoms with Crippen molar-refractivity contribution in [2.75, 3.05) is 24.7 Å². The number of carbonyl (C=O) groups excluding carboxylic acids is 1. The van der Waals surface area contributed by atoms with Crippen molar-refractivity contribution in [3.8, 4) is 0 Å². The zero-order valence-electron chi connectivity index (χ0n) is 17.0. The van der Waals surface area contributed by atoms with Crippen LogP contribution in [0.2, 0.25) is 0 Å². The quantitative estimate of drug-likeness (QED) is 0.603. The Labute approximate surface area is 185 Å². The standard InChI is InChI=1S/C20H20F2N4O4S2/c1-31(28)18-19(32(29,30)25-11-8-20(21,22)9-12-25)26-10-7-14(13-16(26)24-18)17(27)23-15-5-3-2-4-6-15/h2-7,10,13H,8-9,11-12H2,1H3,(H,23,27). The number of pyridine rings is 1. The predicted octanol–water partition coefficient (Wildman–Crippen LogP) is 2.74. The van der Waals surface area contributed by atoms with Crippen molar-refractivity contribution in [2.45, 2.75) is 28.8 Å². The van der Waals surface area contributed by atoms with Gasteiger partial charge in [-0.2, -0.15) is 4.31 Å². The molecule has 1 saturated heterocycles. The number of sulfonamides is 1. The maximum Gasteiger partial charge on any atom is 0.261 e. The summed E-state index contributed by atoms with van der Waals surface area (Å²) in [6, 6.07) is 11.6. The van der Waals surface area contributed by atoms with Gasteiger partial charge < -0.3 is 5.32 Å². The monoisotopic (exact) mass is 482 g/mol. The second-order valence-corrected chi connectivity index (χ2v) is 10.5. The first-order valence-electron chi connectivity index (χ1n) is 9.68. The molecular formula is C20H20F2N4O4S2. The number of halogens is 2. The van der Waals surface area contributed by atoms with E-state index >= 15 is 0 Å². The van der Waals surface area contributed by atoms with E-state index in [0.717, 1.165) is 4.31 Å². The zero-order valence-corrected chi connectivity index (χ0v) is 18.6. The fourth-order valence-electron chi connectivity index (χ4n) is 3.46. The number of rotatable bonds is 5. The topological polar surface area (TPSA) is 101 Å². The number of benzene rings is 1. The molecule has 1 aliphatic heterocycles.